The second kappa shape index (κ2) is 4.98. The number of para-hydroxylation sites is 1. The Hall–Kier alpha value is -2.56. The quantitative estimate of drug-likeness (QED) is 0.681. The summed E-state index contributed by atoms with van der Waals surface area (Å²) in [6, 6.07) is 13.2. The van der Waals surface area contributed by atoms with Crippen molar-refractivity contribution in [1.82, 2.24) is 4.98 Å². The molecular formula is C18H13F3N2. The number of rotatable bonds is 1. The van der Waals surface area contributed by atoms with Gasteiger partial charge < -0.3 is 4.98 Å². The van der Waals surface area contributed by atoms with Gasteiger partial charge >= 0.3 is 6.18 Å². The van der Waals surface area contributed by atoms with Crippen molar-refractivity contribution in [2.45, 2.75) is 12.6 Å². The van der Waals surface area contributed by atoms with E-state index in [0.717, 1.165) is 34.6 Å². The van der Waals surface area contributed by atoms with Crippen molar-refractivity contribution in [3.8, 4) is 0 Å². The molecule has 1 aliphatic heterocycles. The molecule has 0 spiro atoms. The SMILES string of the molecule is FC(F)(F)c1cccc(C2=NCCc3c2[nH]c2ccccc32)c1. The van der Waals surface area contributed by atoms with Crippen LogP contribution in [0.25, 0.3) is 10.9 Å². The molecule has 23 heavy (non-hydrogen) atoms. The molecule has 3 aromatic rings. The van der Waals surface area contributed by atoms with Gasteiger partial charge in [-0.15, -0.1) is 0 Å². The minimum atomic E-state index is -4.35. The summed E-state index contributed by atoms with van der Waals surface area (Å²) >= 11 is 0. The number of nitrogens with one attached hydrogen (secondary N) is 1. The standard InChI is InChI=1S/C18H13F3N2/c19-18(20,21)12-5-3-4-11(10-12)16-17-14(8-9-22-16)13-6-1-2-7-15(13)23-17/h1-7,10,23H,8-9H2. The van der Waals surface area contributed by atoms with Crippen molar-refractivity contribution in [1.29, 1.82) is 0 Å². The number of nitrogens with zero attached hydrogens (tertiary/aromatic N) is 1. The van der Waals surface area contributed by atoms with Gasteiger partial charge in [-0.1, -0.05) is 30.3 Å². The first-order chi connectivity index (χ1) is 11.0. The van der Waals surface area contributed by atoms with Crippen molar-refractivity contribution < 1.29 is 13.2 Å². The molecule has 0 radical (unpaired) electrons. The zero-order valence-corrected chi connectivity index (χ0v) is 12.1. The Bertz CT molecular complexity index is 919. The molecule has 2 heterocycles. The van der Waals surface area contributed by atoms with E-state index in [1.165, 1.54) is 12.1 Å². The lowest BCUT2D eigenvalue weighted by atomic mass is 9.97. The van der Waals surface area contributed by atoms with Gasteiger partial charge in [0.1, 0.15) is 0 Å². The minimum Gasteiger partial charge on any atom is -0.353 e. The third-order valence-electron chi connectivity index (χ3n) is 4.15. The third-order valence-corrected chi connectivity index (χ3v) is 4.15. The lowest BCUT2D eigenvalue weighted by molar-refractivity contribution is -0.137. The predicted molar refractivity (Wildman–Crippen MR) is 84.0 cm³/mol. The van der Waals surface area contributed by atoms with E-state index in [0.29, 0.717) is 17.8 Å². The van der Waals surface area contributed by atoms with E-state index >= 15 is 0 Å². The van der Waals surface area contributed by atoms with Crippen LogP contribution < -0.4 is 0 Å². The van der Waals surface area contributed by atoms with Crippen LogP contribution in [0.4, 0.5) is 13.2 Å². The molecule has 2 nitrogen and oxygen atoms in total. The predicted octanol–water partition coefficient (Wildman–Crippen LogP) is 4.58. The molecular weight excluding hydrogens is 301 g/mol. The van der Waals surface area contributed by atoms with Crippen LogP contribution in [0.2, 0.25) is 0 Å². The maximum atomic E-state index is 13.0. The number of alkyl halides is 3. The molecule has 116 valence electrons. The highest BCUT2D eigenvalue weighted by atomic mass is 19.4. The van der Waals surface area contributed by atoms with Crippen LogP contribution in [0.3, 0.4) is 0 Å². The fraction of sp³-hybridized carbons (Fsp3) is 0.167. The van der Waals surface area contributed by atoms with Crippen LogP contribution in [0, 0.1) is 0 Å². The van der Waals surface area contributed by atoms with Crippen LogP contribution in [-0.2, 0) is 12.6 Å². The van der Waals surface area contributed by atoms with Gasteiger partial charge in [0.05, 0.1) is 17.0 Å². The molecule has 0 saturated carbocycles. The van der Waals surface area contributed by atoms with Crippen LogP contribution in [-0.4, -0.2) is 17.2 Å². The fourth-order valence-electron chi connectivity index (χ4n) is 3.10. The molecule has 1 aromatic heterocycles. The highest BCUT2D eigenvalue weighted by Gasteiger charge is 2.31. The van der Waals surface area contributed by atoms with E-state index in [9.17, 15) is 13.2 Å². The van der Waals surface area contributed by atoms with Crippen molar-refractivity contribution in [3.05, 3.63) is 70.9 Å². The number of aromatic nitrogens is 1. The summed E-state index contributed by atoms with van der Waals surface area (Å²) in [5.41, 5.74) is 3.39. The first-order valence-electron chi connectivity index (χ1n) is 7.36. The number of hydrogen-bond acceptors (Lipinski definition) is 1. The van der Waals surface area contributed by atoms with Crippen LogP contribution >= 0.6 is 0 Å². The fourth-order valence-corrected chi connectivity index (χ4v) is 3.10. The number of benzene rings is 2. The number of aromatic amines is 1. The second-order valence-electron chi connectivity index (χ2n) is 5.58. The summed E-state index contributed by atoms with van der Waals surface area (Å²) in [7, 11) is 0. The average molecular weight is 314 g/mol. The molecule has 2 aromatic carbocycles. The van der Waals surface area contributed by atoms with Crippen LogP contribution in [0.5, 0.6) is 0 Å². The van der Waals surface area contributed by atoms with Gasteiger partial charge in [-0.2, -0.15) is 13.2 Å². The smallest absolute Gasteiger partial charge is 0.353 e. The van der Waals surface area contributed by atoms with Gasteiger partial charge in [0.25, 0.3) is 0 Å². The first-order valence-corrected chi connectivity index (χ1v) is 7.36. The highest BCUT2D eigenvalue weighted by molar-refractivity contribution is 6.15. The molecule has 1 N–H and O–H groups in total. The first kappa shape index (κ1) is 14.1. The van der Waals surface area contributed by atoms with Gasteiger partial charge in [-0.05, 0) is 30.2 Å². The Kier molecular flexibility index (Phi) is 3.04. The molecule has 0 amide bonds. The van der Waals surface area contributed by atoms with Gasteiger partial charge in [0.15, 0.2) is 0 Å². The number of halogens is 3. The van der Waals surface area contributed by atoms with Crippen molar-refractivity contribution in [2.75, 3.05) is 6.54 Å². The molecule has 0 aliphatic carbocycles. The summed E-state index contributed by atoms with van der Waals surface area (Å²) in [6.07, 6.45) is -3.56. The number of aliphatic imine (C=N–C) groups is 1. The molecule has 5 heteroatoms. The van der Waals surface area contributed by atoms with Gasteiger partial charge in [0, 0.05) is 23.0 Å². The third kappa shape index (κ3) is 2.32. The highest BCUT2D eigenvalue weighted by Crippen LogP contribution is 2.32. The van der Waals surface area contributed by atoms with E-state index in [-0.39, 0.29) is 0 Å². The zero-order chi connectivity index (χ0) is 16.0. The largest absolute Gasteiger partial charge is 0.416 e. The molecule has 0 saturated heterocycles. The summed E-state index contributed by atoms with van der Waals surface area (Å²) in [5.74, 6) is 0. The Morgan fingerprint density at radius 3 is 2.65 bits per heavy atom. The topological polar surface area (TPSA) is 28.1 Å². The van der Waals surface area contributed by atoms with E-state index in [1.807, 2.05) is 24.3 Å². The van der Waals surface area contributed by atoms with Crippen LogP contribution in [0.1, 0.15) is 22.4 Å². The normalized spacial score (nSPS) is 14.7. The van der Waals surface area contributed by atoms with Gasteiger partial charge in [-0.25, -0.2) is 0 Å². The maximum absolute atomic E-state index is 13.0. The number of H-pyrrole nitrogens is 1. The van der Waals surface area contributed by atoms with E-state index in [4.69, 9.17) is 0 Å². The molecule has 4 rings (SSSR count). The van der Waals surface area contributed by atoms with Crippen LogP contribution in [0.15, 0.2) is 53.5 Å². The van der Waals surface area contributed by atoms with Crippen molar-refractivity contribution >= 4 is 16.6 Å². The monoisotopic (exact) mass is 314 g/mol. The minimum absolute atomic E-state index is 0.493. The van der Waals surface area contributed by atoms with E-state index < -0.39 is 11.7 Å². The molecule has 0 unspecified atom stereocenters. The van der Waals surface area contributed by atoms with Crippen molar-refractivity contribution in [2.24, 2.45) is 4.99 Å². The average Bonchev–Trinajstić information content (AvgIpc) is 2.93. The molecule has 1 aliphatic rings. The molecule has 0 fully saturated rings. The molecule has 0 atom stereocenters. The summed E-state index contributed by atoms with van der Waals surface area (Å²) in [4.78, 5) is 7.79. The summed E-state index contributed by atoms with van der Waals surface area (Å²) in [5, 5.41) is 1.11. The van der Waals surface area contributed by atoms with Crippen molar-refractivity contribution in [3.63, 3.8) is 0 Å². The van der Waals surface area contributed by atoms with Gasteiger partial charge in [-0.3, -0.25) is 4.99 Å². The Morgan fingerprint density at radius 1 is 1.00 bits per heavy atom. The number of fused-ring (bicyclic) bond motifs is 3. The lowest BCUT2D eigenvalue weighted by Gasteiger charge is -2.15. The Labute approximate surface area is 130 Å². The maximum Gasteiger partial charge on any atom is 0.416 e. The molecule has 0 bridgehead atoms. The Morgan fingerprint density at radius 2 is 1.83 bits per heavy atom. The van der Waals surface area contributed by atoms with Gasteiger partial charge in [0.2, 0.25) is 0 Å². The number of hydrogen-bond donors (Lipinski definition) is 1. The lowest BCUT2D eigenvalue weighted by Crippen LogP contribution is -2.15. The summed E-state index contributed by atoms with van der Waals surface area (Å²) < 4.78 is 38.9. The zero-order valence-electron chi connectivity index (χ0n) is 12.1. The Balaban J connectivity index is 1.87. The summed E-state index contributed by atoms with van der Waals surface area (Å²) in [6.45, 7) is 0.584. The van der Waals surface area contributed by atoms with E-state index in [2.05, 4.69) is 9.98 Å². The van der Waals surface area contributed by atoms with E-state index in [1.54, 1.807) is 6.07 Å². The second-order valence-corrected chi connectivity index (χ2v) is 5.58.